The number of hydrogen-bond donors (Lipinski definition) is 1. The van der Waals surface area contributed by atoms with Crippen LogP contribution in [0.25, 0.3) is 22.3 Å². The van der Waals surface area contributed by atoms with Crippen LogP contribution in [0.4, 0.5) is 5.82 Å². The molecule has 4 rings (SSSR count). The molecule has 19 heavy (non-hydrogen) atoms. The highest BCUT2D eigenvalue weighted by Crippen LogP contribution is 2.30. The Morgan fingerprint density at radius 1 is 1.21 bits per heavy atom. The second-order valence-electron chi connectivity index (χ2n) is 4.73. The first kappa shape index (κ1) is 10.4. The second-order valence-corrected chi connectivity index (χ2v) is 4.73. The number of H-pyrrole nitrogens is 1. The molecule has 0 aromatic carbocycles. The largest absolute Gasteiger partial charge is 0.359 e. The maximum Gasteiger partial charge on any atom is 0.159 e. The third-order valence-electron chi connectivity index (χ3n) is 3.54. The van der Waals surface area contributed by atoms with E-state index in [1.807, 2.05) is 6.20 Å². The van der Waals surface area contributed by atoms with E-state index in [9.17, 15) is 0 Å². The summed E-state index contributed by atoms with van der Waals surface area (Å²) in [6, 6.07) is 2.17. The maximum absolute atomic E-state index is 4.54. The molecular weight excluding hydrogens is 240 g/mol. The molecule has 0 unspecified atom stereocenters. The number of pyridine rings is 1. The van der Waals surface area contributed by atoms with Gasteiger partial charge in [0.15, 0.2) is 5.65 Å². The summed E-state index contributed by atoms with van der Waals surface area (Å²) in [6.45, 7) is 1.02. The predicted molar refractivity (Wildman–Crippen MR) is 71.9 cm³/mol. The van der Waals surface area contributed by atoms with Gasteiger partial charge in [0.05, 0.1) is 17.3 Å². The Labute approximate surface area is 109 Å². The minimum Gasteiger partial charge on any atom is -0.359 e. The molecule has 0 spiro atoms. The minimum atomic E-state index is 0.752. The lowest BCUT2D eigenvalue weighted by Gasteiger charge is -2.10. The Hall–Kier alpha value is -2.50. The summed E-state index contributed by atoms with van der Waals surface area (Å²) in [7, 11) is 2.07. The molecule has 4 heterocycles. The molecule has 3 aromatic rings. The fraction of sp³-hybridized carbons (Fsp3) is 0.231. The van der Waals surface area contributed by atoms with Gasteiger partial charge in [-0.15, -0.1) is 0 Å². The topological polar surface area (TPSA) is 70.6 Å². The molecule has 94 valence electrons. The van der Waals surface area contributed by atoms with E-state index >= 15 is 0 Å². The summed E-state index contributed by atoms with van der Waals surface area (Å²) in [4.78, 5) is 15.2. The molecule has 0 fully saturated rings. The van der Waals surface area contributed by atoms with Gasteiger partial charge in [0, 0.05) is 25.4 Å². The average molecular weight is 252 g/mol. The van der Waals surface area contributed by atoms with Crippen LogP contribution < -0.4 is 4.90 Å². The van der Waals surface area contributed by atoms with Gasteiger partial charge in [-0.3, -0.25) is 5.10 Å². The molecule has 3 aromatic heterocycles. The minimum absolute atomic E-state index is 0.752. The van der Waals surface area contributed by atoms with Crippen molar-refractivity contribution in [3.8, 4) is 11.3 Å². The van der Waals surface area contributed by atoms with Crippen LogP contribution in [0, 0.1) is 0 Å². The summed E-state index contributed by atoms with van der Waals surface area (Å²) < 4.78 is 0. The van der Waals surface area contributed by atoms with Gasteiger partial charge < -0.3 is 4.90 Å². The smallest absolute Gasteiger partial charge is 0.159 e. The van der Waals surface area contributed by atoms with E-state index in [4.69, 9.17) is 0 Å². The molecule has 0 saturated carbocycles. The zero-order valence-electron chi connectivity index (χ0n) is 10.5. The number of aromatic amines is 1. The molecule has 0 radical (unpaired) electrons. The molecule has 1 aliphatic heterocycles. The lowest BCUT2D eigenvalue weighted by atomic mass is 10.1. The van der Waals surface area contributed by atoms with E-state index < -0.39 is 0 Å². The van der Waals surface area contributed by atoms with Crippen LogP contribution in [-0.2, 0) is 6.42 Å². The second kappa shape index (κ2) is 3.74. The van der Waals surface area contributed by atoms with Crippen molar-refractivity contribution in [3.63, 3.8) is 0 Å². The summed E-state index contributed by atoms with van der Waals surface area (Å²) in [5.41, 5.74) is 3.92. The van der Waals surface area contributed by atoms with E-state index in [2.05, 4.69) is 43.2 Å². The van der Waals surface area contributed by atoms with Crippen molar-refractivity contribution in [1.29, 1.82) is 0 Å². The molecule has 6 heteroatoms. The zero-order valence-corrected chi connectivity index (χ0v) is 10.5. The number of rotatable bonds is 1. The number of anilines is 1. The molecule has 0 saturated heterocycles. The highest BCUT2D eigenvalue weighted by molar-refractivity contribution is 5.89. The van der Waals surface area contributed by atoms with Gasteiger partial charge >= 0.3 is 0 Å². The molecule has 0 aliphatic carbocycles. The molecular formula is C13H12N6. The van der Waals surface area contributed by atoms with E-state index in [1.165, 1.54) is 5.56 Å². The molecule has 1 N–H and O–H groups in total. The van der Waals surface area contributed by atoms with Gasteiger partial charge in [-0.2, -0.15) is 5.10 Å². The Balaban J connectivity index is 1.91. The van der Waals surface area contributed by atoms with Gasteiger partial charge in [-0.05, 0) is 18.1 Å². The van der Waals surface area contributed by atoms with Gasteiger partial charge in [0.1, 0.15) is 12.1 Å². The number of hydrogen-bond acceptors (Lipinski definition) is 5. The van der Waals surface area contributed by atoms with Crippen LogP contribution in [0.15, 0.2) is 24.8 Å². The standard InChI is InChI=1S/C13H12N6/c1-19-3-2-8-4-9(5-14-13(8)19)11-10-6-17-18-12(10)16-7-15-11/h4-7H,2-3H2,1H3,(H,15,16,17,18). The fourth-order valence-corrected chi connectivity index (χ4v) is 2.55. The van der Waals surface area contributed by atoms with Crippen LogP contribution in [0.2, 0.25) is 0 Å². The third-order valence-corrected chi connectivity index (χ3v) is 3.54. The normalized spacial score (nSPS) is 14.1. The molecule has 6 nitrogen and oxygen atoms in total. The average Bonchev–Trinajstić information content (AvgIpc) is 3.05. The van der Waals surface area contributed by atoms with Gasteiger partial charge in [-0.25, -0.2) is 15.0 Å². The van der Waals surface area contributed by atoms with Crippen LogP contribution in [-0.4, -0.2) is 38.7 Å². The lowest BCUT2D eigenvalue weighted by Crippen LogP contribution is -2.13. The fourth-order valence-electron chi connectivity index (χ4n) is 2.55. The summed E-state index contributed by atoms with van der Waals surface area (Å²) in [6.07, 6.45) is 6.21. The number of nitrogens with zero attached hydrogens (tertiary/aromatic N) is 5. The van der Waals surface area contributed by atoms with Crippen molar-refractivity contribution in [2.45, 2.75) is 6.42 Å². The van der Waals surface area contributed by atoms with Crippen LogP contribution >= 0.6 is 0 Å². The Morgan fingerprint density at radius 2 is 2.16 bits per heavy atom. The molecule has 0 atom stereocenters. The Bertz CT molecular complexity index is 763. The third kappa shape index (κ3) is 1.49. The van der Waals surface area contributed by atoms with Crippen molar-refractivity contribution >= 4 is 16.9 Å². The predicted octanol–water partition coefficient (Wildman–Crippen LogP) is 1.41. The van der Waals surface area contributed by atoms with Crippen molar-refractivity contribution in [2.75, 3.05) is 18.5 Å². The molecule has 0 amide bonds. The van der Waals surface area contributed by atoms with Gasteiger partial charge in [0.2, 0.25) is 0 Å². The monoisotopic (exact) mass is 252 g/mol. The van der Waals surface area contributed by atoms with Crippen molar-refractivity contribution in [2.24, 2.45) is 0 Å². The molecule has 0 bridgehead atoms. The lowest BCUT2D eigenvalue weighted by molar-refractivity contribution is 0.945. The highest BCUT2D eigenvalue weighted by Gasteiger charge is 2.18. The first-order valence-electron chi connectivity index (χ1n) is 6.17. The van der Waals surface area contributed by atoms with Gasteiger partial charge in [-0.1, -0.05) is 0 Å². The number of nitrogens with one attached hydrogen (secondary N) is 1. The van der Waals surface area contributed by atoms with Crippen LogP contribution in [0.3, 0.4) is 0 Å². The van der Waals surface area contributed by atoms with Crippen molar-refractivity contribution < 1.29 is 0 Å². The summed E-state index contributed by atoms with van der Waals surface area (Å²) >= 11 is 0. The van der Waals surface area contributed by atoms with E-state index in [-0.39, 0.29) is 0 Å². The van der Waals surface area contributed by atoms with Crippen molar-refractivity contribution in [3.05, 3.63) is 30.4 Å². The summed E-state index contributed by atoms with van der Waals surface area (Å²) in [5, 5.41) is 7.80. The number of aromatic nitrogens is 5. The first-order valence-corrected chi connectivity index (χ1v) is 6.17. The van der Waals surface area contributed by atoms with Crippen LogP contribution in [0.1, 0.15) is 5.56 Å². The van der Waals surface area contributed by atoms with E-state index in [0.29, 0.717) is 0 Å². The Morgan fingerprint density at radius 3 is 3.11 bits per heavy atom. The first-order chi connectivity index (χ1) is 9.33. The van der Waals surface area contributed by atoms with E-state index in [1.54, 1.807) is 12.5 Å². The summed E-state index contributed by atoms with van der Waals surface area (Å²) in [5.74, 6) is 1.07. The Kier molecular flexibility index (Phi) is 2.05. The maximum atomic E-state index is 4.54. The highest BCUT2D eigenvalue weighted by atomic mass is 15.2. The number of likely N-dealkylation sites (N-methyl/N-ethyl adjacent to an activating group) is 1. The zero-order chi connectivity index (χ0) is 12.8. The van der Waals surface area contributed by atoms with Gasteiger partial charge in [0.25, 0.3) is 0 Å². The molecule has 1 aliphatic rings. The van der Waals surface area contributed by atoms with E-state index in [0.717, 1.165) is 41.1 Å². The van der Waals surface area contributed by atoms with Crippen LogP contribution in [0.5, 0.6) is 0 Å². The van der Waals surface area contributed by atoms with Crippen molar-refractivity contribution in [1.82, 2.24) is 25.1 Å². The number of fused-ring (bicyclic) bond motifs is 2. The SMILES string of the molecule is CN1CCc2cc(-c3ncnc4[nH]ncc34)cnc21. The quantitative estimate of drug-likeness (QED) is 0.709.